The summed E-state index contributed by atoms with van der Waals surface area (Å²) >= 11 is 0. The average molecular weight is 946 g/mol. The number of aliphatic carboxylic acids is 1. The molecule has 2 atom stereocenters. The highest BCUT2D eigenvalue weighted by atomic mass is 16.7. The minimum atomic E-state index is -1.62. The maximum Gasteiger partial charge on any atom is 0.306 e. The van der Waals surface area contributed by atoms with Gasteiger partial charge in [0.2, 0.25) is 0 Å². The molecule has 9 heteroatoms. The molecule has 2 unspecified atom stereocenters. The molecule has 392 valence electrons. The first-order valence-corrected chi connectivity index (χ1v) is 28.1. The number of unbranched alkanes of at least 4 members (excludes halogenated alkanes) is 31. The Bertz CT molecular complexity index is 1190. The van der Waals surface area contributed by atoms with Crippen LogP contribution in [0.3, 0.4) is 0 Å². The molecule has 67 heavy (non-hydrogen) atoms. The van der Waals surface area contributed by atoms with Crippen molar-refractivity contribution in [1.29, 1.82) is 0 Å². The normalized spacial score (nSPS) is 13.0. The molecule has 0 saturated heterocycles. The first kappa shape index (κ1) is 64.5. The number of hydrogen-bond donors (Lipinski definition) is 0. The van der Waals surface area contributed by atoms with Crippen LogP contribution >= 0.6 is 0 Å². The number of allylic oxidation sites excluding steroid dienone is 6. The molecule has 0 aliphatic carbocycles. The van der Waals surface area contributed by atoms with Gasteiger partial charge in [0.25, 0.3) is 0 Å². The molecule has 0 radical (unpaired) electrons. The molecule has 0 saturated carbocycles. The van der Waals surface area contributed by atoms with E-state index in [1.165, 1.54) is 167 Å². The van der Waals surface area contributed by atoms with Crippen LogP contribution in [0.4, 0.5) is 0 Å². The zero-order valence-corrected chi connectivity index (χ0v) is 44.5. The summed E-state index contributed by atoms with van der Waals surface area (Å²) in [6.07, 6.45) is 56.1. The van der Waals surface area contributed by atoms with E-state index in [-0.39, 0.29) is 32.2 Å². The number of hydrogen-bond acceptors (Lipinski definition) is 8. The minimum absolute atomic E-state index is 0.147. The van der Waals surface area contributed by atoms with Crippen molar-refractivity contribution >= 4 is 17.9 Å². The van der Waals surface area contributed by atoms with Crippen molar-refractivity contribution in [2.45, 2.75) is 270 Å². The largest absolute Gasteiger partial charge is 0.545 e. The van der Waals surface area contributed by atoms with Crippen LogP contribution in [0.2, 0.25) is 0 Å². The van der Waals surface area contributed by atoms with Crippen molar-refractivity contribution in [3.63, 3.8) is 0 Å². The molecule has 0 bridgehead atoms. The molecule has 0 spiro atoms. The van der Waals surface area contributed by atoms with Gasteiger partial charge in [-0.15, -0.1) is 0 Å². The highest BCUT2D eigenvalue weighted by molar-refractivity contribution is 5.70. The number of carboxylic acids is 1. The second-order valence-electron chi connectivity index (χ2n) is 20.2. The lowest BCUT2D eigenvalue weighted by molar-refractivity contribution is -0.870. The topological polar surface area (TPSA) is 111 Å². The Kier molecular flexibility index (Phi) is 48.1. The first-order valence-electron chi connectivity index (χ1n) is 28.1. The predicted octanol–water partition coefficient (Wildman–Crippen LogP) is 14.8. The molecule has 0 aliphatic rings. The van der Waals surface area contributed by atoms with Gasteiger partial charge < -0.3 is 33.3 Å². The third-order valence-electron chi connectivity index (χ3n) is 12.4. The fourth-order valence-electron chi connectivity index (χ4n) is 8.01. The summed E-state index contributed by atoms with van der Waals surface area (Å²) < 4.78 is 22.7. The lowest BCUT2D eigenvalue weighted by atomic mass is 10.0. The number of esters is 2. The SMILES string of the molecule is CCCCCCC/C=C\C/C=C\C/C=C\CCCCCCCCCCC(=O)OC(COC(=O)CCCCCCCCCCCCCCCCCCCCC)COC(OCC[N+](C)(C)C)C(=O)[O-]. The van der Waals surface area contributed by atoms with Crippen LogP contribution in [-0.4, -0.2) is 82.3 Å². The Balaban J connectivity index is 4.28. The Morgan fingerprint density at radius 1 is 0.448 bits per heavy atom. The Hall–Kier alpha value is -2.49. The van der Waals surface area contributed by atoms with E-state index in [1.807, 2.05) is 21.1 Å². The number of rotatable bonds is 52. The van der Waals surface area contributed by atoms with Crippen LogP contribution in [0.1, 0.15) is 258 Å². The number of ether oxygens (including phenoxy) is 4. The zero-order chi connectivity index (χ0) is 49.2. The maximum absolute atomic E-state index is 12.8. The number of nitrogens with zero attached hydrogens (tertiary/aromatic N) is 1. The van der Waals surface area contributed by atoms with Gasteiger partial charge in [-0.1, -0.05) is 230 Å². The molecule has 0 heterocycles. The molecule has 9 nitrogen and oxygen atoms in total. The molecule has 0 N–H and O–H groups in total. The predicted molar refractivity (Wildman–Crippen MR) is 279 cm³/mol. The fourth-order valence-corrected chi connectivity index (χ4v) is 8.01. The van der Waals surface area contributed by atoms with Gasteiger partial charge in [-0.2, -0.15) is 0 Å². The van der Waals surface area contributed by atoms with E-state index in [0.717, 1.165) is 57.8 Å². The first-order chi connectivity index (χ1) is 32.6. The van der Waals surface area contributed by atoms with Crippen molar-refractivity contribution < 1.29 is 42.9 Å². The monoisotopic (exact) mass is 946 g/mol. The summed E-state index contributed by atoms with van der Waals surface area (Å²) in [5.74, 6) is -2.28. The quantitative estimate of drug-likeness (QED) is 0.0195. The number of likely N-dealkylation sites (N-methyl/N-ethyl adjacent to an activating group) is 1. The van der Waals surface area contributed by atoms with Gasteiger partial charge in [0.05, 0.1) is 40.3 Å². The lowest BCUT2D eigenvalue weighted by Gasteiger charge is -2.26. The smallest absolute Gasteiger partial charge is 0.306 e. The van der Waals surface area contributed by atoms with Crippen molar-refractivity contribution in [2.24, 2.45) is 0 Å². The van der Waals surface area contributed by atoms with E-state index in [0.29, 0.717) is 23.9 Å². The summed E-state index contributed by atoms with van der Waals surface area (Å²) in [4.78, 5) is 37.2. The van der Waals surface area contributed by atoms with Gasteiger partial charge in [-0.25, -0.2) is 0 Å². The summed E-state index contributed by atoms with van der Waals surface area (Å²) in [6, 6.07) is 0. The van der Waals surface area contributed by atoms with Crippen molar-refractivity contribution in [1.82, 2.24) is 0 Å². The van der Waals surface area contributed by atoms with Crippen LogP contribution in [0.5, 0.6) is 0 Å². The zero-order valence-electron chi connectivity index (χ0n) is 44.5. The number of quaternary nitrogens is 1. The van der Waals surface area contributed by atoms with Gasteiger partial charge in [0.1, 0.15) is 13.2 Å². The molecule has 0 aromatic carbocycles. The van der Waals surface area contributed by atoms with Gasteiger partial charge in [0, 0.05) is 12.8 Å². The Morgan fingerprint density at radius 2 is 0.806 bits per heavy atom. The summed E-state index contributed by atoms with van der Waals surface area (Å²) in [5.41, 5.74) is 0. The molecule has 0 fully saturated rings. The molecular formula is C58H107NO8. The molecular weight excluding hydrogens is 839 g/mol. The molecule has 0 amide bonds. The van der Waals surface area contributed by atoms with E-state index in [9.17, 15) is 19.5 Å². The third-order valence-corrected chi connectivity index (χ3v) is 12.4. The minimum Gasteiger partial charge on any atom is -0.545 e. The summed E-state index contributed by atoms with van der Waals surface area (Å²) in [7, 11) is 5.92. The second-order valence-corrected chi connectivity index (χ2v) is 20.2. The molecule has 0 aliphatic heterocycles. The number of carbonyl (C=O) groups excluding carboxylic acids is 3. The van der Waals surface area contributed by atoms with E-state index in [4.69, 9.17) is 18.9 Å². The fraction of sp³-hybridized carbons (Fsp3) is 0.845. The molecule has 0 rings (SSSR count). The average Bonchev–Trinajstić information content (AvgIpc) is 3.29. The summed E-state index contributed by atoms with van der Waals surface area (Å²) in [5, 5.41) is 11.8. The number of carboxylic acid groups (broad SMARTS) is 1. The van der Waals surface area contributed by atoms with E-state index >= 15 is 0 Å². The highest BCUT2D eigenvalue weighted by Crippen LogP contribution is 2.16. The highest BCUT2D eigenvalue weighted by Gasteiger charge is 2.22. The summed E-state index contributed by atoms with van der Waals surface area (Å²) in [6.45, 7) is 4.76. The standard InChI is InChI=1S/C58H107NO8/c1-6-8-10-12-14-16-18-20-22-24-26-27-28-29-31-33-35-37-39-41-43-45-47-49-56(61)67-54(53-66-58(57(62)63)64-51-50-59(3,4)5)52-65-55(60)48-46-44-42-40-38-36-34-32-30-25-23-21-19-17-15-13-11-9-7-2/h18,20,24,26,28-29,54,58H,6-17,19,21-23,25,27,30-53H2,1-5H3/b20-18-,26-24-,29-28-. The molecule has 0 aromatic rings. The van der Waals surface area contributed by atoms with Crippen molar-refractivity contribution in [3.05, 3.63) is 36.5 Å². The van der Waals surface area contributed by atoms with Gasteiger partial charge in [0.15, 0.2) is 12.4 Å². The Labute approximate surface area is 413 Å². The Morgan fingerprint density at radius 3 is 1.19 bits per heavy atom. The van der Waals surface area contributed by atoms with Crippen LogP contribution in [0.15, 0.2) is 36.5 Å². The number of carbonyl (C=O) groups is 3. The second kappa shape index (κ2) is 49.9. The van der Waals surface area contributed by atoms with Crippen molar-refractivity contribution in [2.75, 3.05) is 47.5 Å². The van der Waals surface area contributed by atoms with E-state index in [2.05, 4.69) is 50.3 Å². The third kappa shape index (κ3) is 51.2. The van der Waals surface area contributed by atoms with Gasteiger partial charge >= 0.3 is 11.9 Å². The van der Waals surface area contributed by atoms with Gasteiger partial charge in [-0.3, -0.25) is 9.59 Å². The van der Waals surface area contributed by atoms with Crippen LogP contribution in [0.25, 0.3) is 0 Å². The maximum atomic E-state index is 12.8. The van der Waals surface area contributed by atoms with E-state index in [1.54, 1.807) is 0 Å². The van der Waals surface area contributed by atoms with Crippen LogP contribution < -0.4 is 5.11 Å². The van der Waals surface area contributed by atoms with Crippen LogP contribution in [-0.2, 0) is 33.3 Å². The van der Waals surface area contributed by atoms with E-state index < -0.39 is 24.3 Å². The van der Waals surface area contributed by atoms with Gasteiger partial charge in [-0.05, 0) is 51.4 Å². The van der Waals surface area contributed by atoms with Crippen LogP contribution in [0, 0.1) is 0 Å². The van der Waals surface area contributed by atoms with Crippen molar-refractivity contribution in [3.8, 4) is 0 Å². The lowest BCUT2D eigenvalue weighted by Crippen LogP contribution is -2.44. The molecule has 0 aromatic heterocycles.